The van der Waals surface area contributed by atoms with Crippen LogP contribution in [0.25, 0.3) is 11.1 Å². The number of aromatic nitrogens is 1. The molecule has 0 aliphatic carbocycles. The minimum Gasteiger partial charge on any atom is -0.431 e. The van der Waals surface area contributed by atoms with Crippen LogP contribution in [0.15, 0.2) is 52.1 Å². The highest BCUT2D eigenvalue weighted by Gasteiger charge is 2.07. The molecule has 0 aliphatic heterocycles. The fraction of sp³-hybridized carbons (Fsp3) is 0.0667. The standard InChI is InChI=1S/C15H9ClN2OS/c16-12-5-6-13-14(7-12)19-15(18-13)20-9-11-3-1-10(8-17)2-4-11/h1-7H,9H2. The van der Waals surface area contributed by atoms with Gasteiger partial charge in [-0.25, -0.2) is 4.98 Å². The van der Waals surface area contributed by atoms with Crippen LogP contribution in [0, 0.1) is 11.3 Å². The molecule has 2 aromatic carbocycles. The highest BCUT2D eigenvalue weighted by molar-refractivity contribution is 7.98. The number of oxazole rings is 1. The van der Waals surface area contributed by atoms with Crippen LogP contribution < -0.4 is 0 Å². The minimum atomic E-state index is 0.617. The van der Waals surface area contributed by atoms with E-state index in [2.05, 4.69) is 11.1 Å². The molecule has 1 heterocycles. The van der Waals surface area contributed by atoms with Gasteiger partial charge in [0.2, 0.25) is 0 Å². The van der Waals surface area contributed by atoms with Crippen molar-refractivity contribution >= 4 is 34.5 Å². The van der Waals surface area contributed by atoms with Gasteiger partial charge < -0.3 is 4.42 Å². The van der Waals surface area contributed by atoms with Crippen molar-refractivity contribution in [2.24, 2.45) is 0 Å². The van der Waals surface area contributed by atoms with E-state index in [1.54, 1.807) is 12.1 Å². The van der Waals surface area contributed by atoms with Gasteiger partial charge >= 0.3 is 0 Å². The van der Waals surface area contributed by atoms with Gasteiger partial charge in [-0.15, -0.1) is 0 Å². The normalized spacial score (nSPS) is 10.6. The van der Waals surface area contributed by atoms with Crippen LogP contribution in [-0.2, 0) is 5.75 Å². The van der Waals surface area contributed by atoms with Crippen molar-refractivity contribution in [2.75, 3.05) is 0 Å². The number of nitriles is 1. The first kappa shape index (κ1) is 13.0. The van der Waals surface area contributed by atoms with Crippen molar-refractivity contribution in [2.45, 2.75) is 11.0 Å². The molecule has 98 valence electrons. The zero-order valence-electron chi connectivity index (χ0n) is 10.3. The Kier molecular flexibility index (Phi) is 3.64. The van der Waals surface area contributed by atoms with Crippen LogP contribution in [0.1, 0.15) is 11.1 Å². The van der Waals surface area contributed by atoms with Crippen LogP contribution in [0.5, 0.6) is 0 Å². The smallest absolute Gasteiger partial charge is 0.257 e. The molecule has 3 aromatic rings. The summed E-state index contributed by atoms with van der Waals surface area (Å²) < 4.78 is 5.63. The number of nitrogens with zero attached hydrogens (tertiary/aromatic N) is 2. The summed E-state index contributed by atoms with van der Waals surface area (Å²) in [5.41, 5.74) is 3.28. The first-order chi connectivity index (χ1) is 9.74. The van der Waals surface area contributed by atoms with E-state index in [0.717, 1.165) is 16.8 Å². The Labute approximate surface area is 125 Å². The Morgan fingerprint density at radius 2 is 2.00 bits per heavy atom. The quantitative estimate of drug-likeness (QED) is 0.661. The van der Waals surface area contributed by atoms with Crippen molar-refractivity contribution in [3.63, 3.8) is 0 Å². The number of hydrogen-bond acceptors (Lipinski definition) is 4. The molecule has 0 unspecified atom stereocenters. The monoisotopic (exact) mass is 300 g/mol. The van der Waals surface area contributed by atoms with Gasteiger partial charge in [0.1, 0.15) is 5.52 Å². The fourth-order valence-electron chi connectivity index (χ4n) is 1.76. The SMILES string of the molecule is N#Cc1ccc(CSc2nc3ccc(Cl)cc3o2)cc1. The van der Waals surface area contributed by atoms with Crippen LogP contribution in [-0.4, -0.2) is 4.98 Å². The first-order valence-electron chi connectivity index (χ1n) is 5.92. The van der Waals surface area contributed by atoms with E-state index in [1.807, 2.05) is 30.3 Å². The molecule has 1 aromatic heterocycles. The van der Waals surface area contributed by atoms with E-state index in [4.69, 9.17) is 21.3 Å². The second-order valence-corrected chi connectivity index (χ2v) is 5.55. The molecule has 3 nitrogen and oxygen atoms in total. The molecule has 0 aliphatic rings. The summed E-state index contributed by atoms with van der Waals surface area (Å²) >= 11 is 7.42. The van der Waals surface area contributed by atoms with E-state index in [9.17, 15) is 0 Å². The lowest BCUT2D eigenvalue weighted by atomic mass is 10.2. The molecule has 0 spiro atoms. The maximum atomic E-state index is 8.75. The molecule has 0 saturated carbocycles. The minimum absolute atomic E-state index is 0.617. The van der Waals surface area contributed by atoms with Crippen LogP contribution >= 0.6 is 23.4 Å². The average molecular weight is 301 g/mol. The largest absolute Gasteiger partial charge is 0.431 e. The lowest BCUT2D eigenvalue weighted by Crippen LogP contribution is -1.81. The van der Waals surface area contributed by atoms with E-state index >= 15 is 0 Å². The summed E-state index contributed by atoms with van der Waals surface area (Å²) in [4.78, 5) is 4.39. The summed E-state index contributed by atoms with van der Waals surface area (Å²) in [6, 6.07) is 15.0. The summed E-state index contributed by atoms with van der Waals surface area (Å²) in [5, 5.41) is 10.0. The number of halogens is 1. The summed E-state index contributed by atoms with van der Waals surface area (Å²) in [6.07, 6.45) is 0. The molecule has 0 N–H and O–H groups in total. The predicted octanol–water partition coefficient (Wildman–Crippen LogP) is 4.65. The lowest BCUT2D eigenvalue weighted by Gasteiger charge is -1.98. The third-order valence-electron chi connectivity index (χ3n) is 2.78. The molecular formula is C15H9ClN2OS. The molecule has 20 heavy (non-hydrogen) atoms. The maximum absolute atomic E-state index is 8.75. The first-order valence-corrected chi connectivity index (χ1v) is 7.29. The second kappa shape index (κ2) is 5.58. The summed E-state index contributed by atoms with van der Waals surface area (Å²) in [7, 11) is 0. The Bertz CT molecular complexity index is 790. The molecule has 0 saturated heterocycles. The molecule has 0 amide bonds. The zero-order valence-corrected chi connectivity index (χ0v) is 11.9. The molecule has 0 atom stereocenters. The van der Waals surface area contributed by atoms with Crippen molar-refractivity contribution in [1.29, 1.82) is 5.26 Å². The van der Waals surface area contributed by atoms with Crippen molar-refractivity contribution in [3.8, 4) is 6.07 Å². The summed E-state index contributed by atoms with van der Waals surface area (Å²) in [5.74, 6) is 0.742. The number of fused-ring (bicyclic) bond motifs is 1. The Morgan fingerprint density at radius 1 is 1.20 bits per heavy atom. The van der Waals surface area contributed by atoms with Crippen LogP contribution in [0.3, 0.4) is 0 Å². The Balaban J connectivity index is 1.74. The number of benzene rings is 2. The average Bonchev–Trinajstić information content (AvgIpc) is 2.87. The van der Waals surface area contributed by atoms with Crippen molar-refractivity contribution in [1.82, 2.24) is 4.98 Å². The van der Waals surface area contributed by atoms with Gasteiger partial charge in [-0.05, 0) is 29.8 Å². The number of hydrogen-bond donors (Lipinski definition) is 0. The topological polar surface area (TPSA) is 49.8 Å². The van der Waals surface area contributed by atoms with Gasteiger partial charge in [0.05, 0.1) is 11.6 Å². The molecule has 0 fully saturated rings. The molecule has 5 heteroatoms. The van der Waals surface area contributed by atoms with E-state index in [1.165, 1.54) is 11.8 Å². The number of thioether (sulfide) groups is 1. The molecular weight excluding hydrogens is 292 g/mol. The van der Waals surface area contributed by atoms with Gasteiger partial charge in [-0.1, -0.05) is 35.5 Å². The highest BCUT2D eigenvalue weighted by Crippen LogP contribution is 2.27. The van der Waals surface area contributed by atoms with Gasteiger partial charge in [-0.3, -0.25) is 0 Å². The summed E-state index contributed by atoms with van der Waals surface area (Å²) in [6.45, 7) is 0. The zero-order chi connectivity index (χ0) is 13.9. The molecule has 0 radical (unpaired) electrons. The van der Waals surface area contributed by atoms with Crippen molar-refractivity contribution < 1.29 is 4.42 Å². The van der Waals surface area contributed by atoms with E-state index < -0.39 is 0 Å². The molecule has 0 bridgehead atoms. The van der Waals surface area contributed by atoms with Gasteiger partial charge in [0.15, 0.2) is 5.58 Å². The van der Waals surface area contributed by atoms with Crippen LogP contribution in [0.2, 0.25) is 5.02 Å². The van der Waals surface area contributed by atoms with Crippen molar-refractivity contribution in [3.05, 3.63) is 58.6 Å². The van der Waals surface area contributed by atoms with Gasteiger partial charge in [-0.2, -0.15) is 5.26 Å². The Morgan fingerprint density at radius 3 is 2.75 bits per heavy atom. The fourth-order valence-corrected chi connectivity index (χ4v) is 2.72. The van der Waals surface area contributed by atoms with E-state index in [0.29, 0.717) is 21.4 Å². The highest BCUT2D eigenvalue weighted by atomic mass is 35.5. The van der Waals surface area contributed by atoms with Gasteiger partial charge in [0.25, 0.3) is 5.22 Å². The predicted molar refractivity (Wildman–Crippen MR) is 79.7 cm³/mol. The van der Waals surface area contributed by atoms with E-state index in [-0.39, 0.29) is 0 Å². The van der Waals surface area contributed by atoms with Gasteiger partial charge in [0, 0.05) is 16.8 Å². The Hall–Kier alpha value is -1.96. The third kappa shape index (κ3) is 2.79. The maximum Gasteiger partial charge on any atom is 0.257 e. The lowest BCUT2D eigenvalue weighted by molar-refractivity contribution is 0.489. The van der Waals surface area contributed by atoms with Crippen LogP contribution in [0.4, 0.5) is 0 Å². The third-order valence-corrected chi connectivity index (χ3v) is 3.91. The second-order valence-electron chi connectivity index (χ2n) is 4.19. The number of rotatable bonds is 3. The molecule has 3 rings (SSSR count).